The van der Waals surface area contributed by atoms with Gasteiger partial charge in [0, 0.05) is 35.1 Å². The Bertz CT molecular complexity index is 1400. The molecule has 2 N–H and O–H groups in total. The summed E-state index contributed by atoms with van der Waals surface area (Å²) in [6.07, 6.45) is 8.26. The first-order chi connectivity index (χ1) is 18.7. The summed E-state index contributed by atoms with van der Waals surface area (Å²) < 4.78 is 0. The Hall–Kier alpha value is -3.50. The van der Waals surface area contributed by atoms with Crippen LogP contribution < -0.4 is 10.6 Å². The number of hydrogen-bond donors (Lipinski definition) is 2. The van der Waals surface area contributed by atoms with E-state index in [9.17, 15) is 4.79 Å². The lowest BCUT2D eigenvalue weighted by Gasteiger charge is -2.29. The number of pyridine rings is 1. The lowest BCUT2D eigenvalue weighted by atomic mass is 9.84. The minimum atomic E-state index is 0.0189. The molecule has 1 aromatic heterocycles. The number of rotatable bonds is 7. The fourth-order valence-corrected chi connectivity index (χ4v) is 6.50. The largest absolute Gasteiger partial charge is 0.349 e. The SMILES string of the molecule is C[C@H](NC(=O)c1c(CNC2Cc3ccccc3C2)c(-c2ccccc2)nc2ccccc12)C1CCCCC1. The van der Waals surface area contributed by atoms with E-state index in [1.54, 1.807) is 0 Å². The van der Waals surface area contributed by atoms with Crippen molar-refractivity contribution in [3.05, 3.63) is 101 Å². The zero-order valence-corrected chi connectivity index (χ0v) is 22.2. The van der Waals surface area contributed by atoms with Crippen molar-refractivity contribution in [3.63, 3.8) is 0 Å². The number of benzene rings is 3. The molecule has 38 heavy (non-hydrogen) atoms. The summed E-state index contributed by atoms with van der Waals surface area (Å²) in [6.45, 7) is 2.78. The monoisotopic (exact) mass is 503 g/mol. The topological polar surface area (TPSA) is 54.0 Å². The van der Waals surface area contributed by atoms with Crippen molar-refractivity contribution < 1.29 is 4.79 Å². The molecule has 0 spiro atoms. The van der Waals surface area contributed by atoms with Crippen molar-refractivity contribution in [1.29, 1.82) is 0 Å². The van der Waals surface area contributed by atoms with Crippen molar-refractivity contribution in [2.45, 2.75) is 70.5 Å². The van der Waals surface area contributed by atoms with Gasteiger partial charge in [0.15, 0.2) is 0 Å². The predicted molar refractivity (Wildman–Crippen MR) is 155 cm³/mol. The molecule has 0 bridgehead atoms. The van der Waals surface area contributed by atoms with Crippen LogP contribution in [0.15, 0.2) is 78.9 Å². The fraction of sp³-hybridized carbons (Fsp3) is 0.353. The molecule has 4 heteroatoms. The van der Waals surface area contributed by atoms with Gasteiger partial charge in [0.1, 0.15) is 0 Å². The van der Waals surface area contributed by atoms with E-state index >= 15 is 0 Å². The molecule has 1 atom stereocenters. The van der Waals surface area contributed by atoms with Gasteiger partial charge in [-0.3, -0.25) is 4.79 Å². The number of amides is 1. The number of fused-ring (bicyclic) bond motifs is 2. The molecule has 0 unspecified atom stereocenters. The Morgan fingerprint density at radius 2 is 1.53 bits per heavy atom. The summed E-state index contributed by atoms with van der Waals surface area (Å²) in [5.74, 6) is 0.568. The van der Waals surface area contributed by atoms with Crippen LogP contribution in [0.25, 0.3) is 22.2 Å². The summed E-state index contributed by atoms with van der Waals surface area (Å²) >= 11 is 0. The number of aromatic nitrogens is 1. The van der Waals surface area contributed by atoms with E-state index < -0.39 is 0 Å². The van der Waals surface area contributed by atoms with E-state index in [2.05, 4.69) is 54.0 Å². The van der Waals surface area contributed by atoms with Crippen LogP contribution in [0.3, 0.4) is 0 Å². The van der Waals surface area contributed by atoms with Crippen LogP contribution in [0.4, 0.5) is 0 Å². The van der Waals surface area contributed by atoms with Gasteiger partial charge in [0.2, 0.25) is 0 Å². The molecule has 1 fully saturated rings. The normalized spacial score (nSPS) is 16.9. The second-order valence-corrected chi connectivity index (χ2v) is 11.1. The van der Waals surface area contributed by atoms with E-state index in [1.807, 2.05) is 42.5 Å². The van der Waals surface area contributed by atoms with Crippen LogP contribution in [0.2, 0.25) is 0 Å². The third kappa shape index (κ3) is 5.10. The third-order valence-corrected chi connectivity index (χ3v) is 8.60. The molecular formula is C34H37N3O. The van der Waals surface area contributed by atoms with Gasteiger partial charge >= 0.3 is 0 Å². The highest BCUT2D eigenvalue weighted by molar-refractivity contribution is 6.09. The molecule has 1 heterocycles. The zero-order valence-electron chi connectivity index (χ0n) is 22.2. The molecule has 6 rings (SSSR count). The smallest absolute Gasteiger partial charge is 0.252 e. The van der Waals surface area contributed by atoms with Crippen LogP contribution in [-0.4, -0.2) is 23.0 Å². The first kappa shape index (κ1) is 24.8. The number of para-hydroxylation sites is 1. The predicted octanol–water partition coefficient (Wildman–Crippen LogP) is 6.86. The quantitative estimate of drug-likeness (QED) is 0.290. The number of carbonyl (C=O) groups is 1. The van der Waals surface area contributed by atoms with Crippen molar-refractivity contribution in [1.82, 2.24) is 15.6 Å². The first-order valence-corrected chi connectivity index (χ1v) is 14.3. The standard InChI is InChI=1S/C34H37N3O/c1-23(24-12-4-2-5-13-24)36-34(38)32-29-18-10-11-19-31(29)37-33(25-14-6-3-7-15-25)30(32)22-35-28-20-26-16-8-9-17-27(26)21-28/h3,6-11,14-19,23-24,28,35H,2,4-5,12-13,20-22H2,1H3,(H,36,38)/t23-/m0/s1. The second-order valence-electron chi connectivity index (χ2n) is 11.1. The van der Waals surface area contributed by atoms with Crippen LogP contribution >= 0.6 is 0 Å². The van der Waals surface area contributed by atoms with Gasteiger partial charge in [-0.05, 0) is 55.7 Å². The summed E-state index contributed by atoms with van der Waals surface area (Å²) in [4.78, 5) is 19.2. The van der Waals surface area contributed by atoms with Gasteiger partial charge in [-0.15, -0.1) is 0 Å². The molecule has 2 aliphatic rings. The van der Waals surface area contributed by atoms with Crippen LogP contribution in [0.5, 0.6) is 0 Å². The average Bonchev–Trinajstić information content (AvgIpc) is 3.39. The number of nitrogens with one attached hydrogen (secondary N) is 2. The Kier molecular flexibility index (Phi) is 7.24. The summed E-state index contributed by atoms with van der Waals surface area (Å²) in [6, 6.07) is 27.6. The van der Waals surface area contributed by atoms with Gasteiger partial charge in [-0.1, -0.05) is 92.1 Å². The van der Waals surface area contributed by atoms with Gasteiger partial charge in [0.25, 0.3) is 5.91 Å². The molecular weight excluding hydrogens is 466 g/mol. The van der Waals surface area contributed by atoms with Crippen molar-refractivity contribution in [2.75, 3.05) is 0 Å². The molecule has 0 aliphatic heterocycles. The highest BCUT2D eigenvalue weighted by Crippen LogP contribution is 2.32. The van der Waals surface area contributed by atoms with Gasteiger partial charge in [-0.2, -0.15) is 0 Å². The number of nitrogens with zero attached hydrogens (tertiary/aromatic N) is 1. The maximum Gasteiger partial charge on any atom is 0.252 e. The fourth-order valence-electron chi connectivity index (χ4n) is 6.50. The Morgan fingerprint density at radius 3 is 2.26 bits per heavy atom. The lowest BCUT2D eigenvalue weighted by Crippen LogP contribution is -2.40. The Balaban J connectivity index is 1.38. The Morgan fingerprint density at radius 1 is 0.868 bits per heavy atom. The second kappa shape index (κ2) is 11.1. The minimum Gasteiger partial charge on any atom is -0.349 e. The van der Waals surface area contributed by atoms with Gasteiger partial charge < -0.3 is 10.6 Å². The highest BCUT2D eigenvalue weighted by atomic mass is 16.1. The van der Waals surface area contributed by atoms with E-state index in [-0.39, 0.29) is 11.9 Å². The third-order valence-electron chi connectivity index (χ3n) is 8.60. The number of hydrogen-bond acceptors (Lipinski definition) is 3. The maximum atomic E-state index is 14.1. The lowest BCUT2D eigenvalue weighted by molar-refractivity contribution is 0.0920. The molecule has 4 aromatic rings. The summed E-state index contributed by atoms with van der Waals surface area (Å²) in [5.41, 5.74) is 7.38. The molecule has 2 aliphatic carbocycles. The van der Waals surface area contributed by atoms with Crippen molar-refractivity contribution >= 4 is 16.8 Å². The number of carbonyl (C=O) groups excluding carboxylic acids is 1. The maximum absolute atomic E-state index is 14.1. The molecule has 3 aromatic carbocycles. The van der Waals surface area contributed by atoms with Gasteiger partial charge in [0.05, 0.1) is 16.8 Å². The minimum absolute atomic E-state index is 0.0189. The van der Waals surface area contributed by atoms with E-state index in [1.165, 1.54) is 43.2 Å². The molecule has 0 radical (unpaired) electrons. The summed E-state index contributed by atoms with van der Waals surface area (Å²) in [5, 5.41) is 8.16. The molecule has 1 saturated carbocycles. The van der Waals surface area contributed by atoms with E-state index in [4.69, 9.17) is 4.98 Å². The van der Waals surface area contributed by atoms with Crippen LogP contribution in [0.1, 0.15) is 66.1 Å². The summed E-state index contributed by atoms with van der Waals surface area (Å²) in [7, 11) is 0. The first-order valence-electron chi connectivity index (χ1n) is 14.3. The molecule has 4 nitrogen and oxygen atoms in total. The molecule has 0 saturated heterocycles. The molecule has 194 valence electrons. The Labute approximate surface area is 225 Å². The van der Waals surface area contributed by atoms with Crippen molar-refractivity contribution in [2.24, 2.45) is 5.92 Å². The zero-order chi connectivity index (χ0) is 25.9. The van der Waals surface area contributed by atoms with Crippen LogP contribution in [0, 0.1) is 5.92 Å². The van der Waals surface area contributed by atoms with E-state index in [0.29, 0.717) is 18.5 Å². The van der Waals surface area contributed by atoms with Crippen molar-refractivity contribution in [3.8, 4) is 11.3 Å². The van der Waals surface area contributed by atoms with Crippen LogP contribution in [-0.2, 0) is 19.4 Å². The highest BCUT2D eigenvalue weighted by Gasteiger charge is 2.27. The van der Waals surface area contributed by atoms with E-state index in [0.717, 1.165) is 46.1 Å². The molecule has 1 amide bonds. The van der Waals surface area contributed by atoms with Gasteiger partial charge in [-0.25, -0.2) is 4.98 Å². The average molecular weight is 504 g/mol.